The summed E-state index contributed by atoms with van der Waals surface area (Å²) < 4.78 is 11.0. The summed E-state index contributed by atoms with van der Waals surface area (Å²) >= 11 is 0. The number of piperazine rings is 1. The van der Waals surface area contributed by atoms with Gasteiger partial charge in [0.1, 0.15) is 17.3 Å². The van der Waals surface area contributed by atoms with E-state index in [1.54, 1.807) is 7.11 Å². The van der Waals surface area contributed by atoms with Crippen molar-refractivity contribution in [1.29, 1.82) is 0 Å². The van der Waals surface area contributed by atoms with Crippen molar-refractivity contribution in [2.45, 2.75) is 26.2 Å². The Morgan fingerprint density at radius 2 is 1.88 bits per heavy atom. The summed E-state index contributed by atoms with van der Waals surface area (Å²) in [6.45, 7) is 8.54. The number of ether oxygens (including phenoxy) is 1. The van der Waals surface area contributed by atoms with Crippen LogP contribution in [0.2, 0.25) is 0 Å². The number of hydrogen-bond acceptors (Lipinski definition) is 4. The van der Waals surface area contributed by atoms with Crippen molar-refractivity contribution in [3.63, 3.8) is 0 Å². The smallest absolute Gasteiger partial charge is 0.257 e. The molecule has 1 atom stereocenters. The third-order valence-electron chi connectivity index (χ3n) is 5.12. The van der Waals surface area contributed by atoms with Gasteiger partial charge in [0.05, 0.1) is 12.7 Å². The third kappa shape index (κ3) is 4.28. The minimum Gasteiger partial charge on any atom is -0.496 e. The van der Waals surface area contributed by atoms with Crippen LogP contribution in [0.5, 0.6) is 5.75 Å². The number of benzene rings is 1. The zero-order valence-corrected chi connectivity index (χ0v) is 15.9. The molecule has 2 aromatic rings. The van der Waals surface area contributed by atoms with E-state index in [0.29, 0.717) is 17.2 Å². The maximum absolute atomic E-state index is 12.8. The molecule has 1 unspecified atom stereocenters. The van der Waals surface area contributed by atoms with Crippen LogP contribution in [0.3, 0.4) is 0 Å². The monoisotopic (exact) mass is 356 g/mol. The summed E-state index contributed by atoms with van der Waals surface area (Å²) in [6, 6.07) is 11.5. The SMILES string of the molecule is COc1ccccc1C(=O)N1CCN(CCC(C)c2ccc(C)o2)CC1. The van der Waals surface area contributed by atoms with Crippen molar-refractivity contribution in [3.05, 3.63) is 53.5 Å². The lowest BCUT2D eigenvalue weighted by Crippen LogP contribution is -2.49. The molecule has 0 N–H and O–H groups in total. The zero-order chi connectivity index (χ0) is 18.5. The molecule has 0 saturated carbocycles. The van der Waals surface area contributed by atoms with Crippen LogP contribution in [0.4, 0.5) is 0 Å². The lowest BCUT2D eigenvalue weighted by molar-refractivity contribution is 0.0630. The normalized spacial score (nSPS) is 16.5. The molecular weight excluding hydrogens is 328 g/mol. The second-order valence-corrected chi connectivity index (χ2v) is 6.97. The van der Waals surface area contributed by atoms with Crippen LogP contribution in [0.25, 0.3) is 0 Å². The van der Waals surface area contributed by atoms with Crippen LogP contribution >= 0.6 is 0 Å². The molecule has 1 aliphatic rings. The first-order valence-corrected chi connectivity index (χ1v) is 9.29. The van der Waals surface area contributed by atoms with Crippen LogP contribution in [0, 0.1) is 6.92 Å². The Balaban J connectivity index is 1.49. The standard InChI is InChI=1S/C21H28N2O3/c1-16(19-9-8-17(2)26-19)10-11-22-12-14-23(15-13-22)21(24)18-6-4-5-7-20(18)25-3/h4-9,16H,10-15H2,1-3H3. The number of amides is 1. The second kappa shape index (κ2) is 8.41. The van der Waals surface area contributed by atoms with Gasteiger partial charge in [-0.05, 0) is 44.2 Å². The summed E-state index contributed by atoms with van der Waals surface area (Å²) in [6.07, 6.45) is 1.06. The van der Waals surface area contributed by atoms with E-state index in [1.165, 1.54) is 0 Å². The predicted octanol–water partition coefficient (Wildman–Crippen LogP) is 3.55. The van der Waals surface area contributed by atoms with E-state index < -0.39 is 0 Å². The molecule has 1 aliphatic heterocycles. The molecule has 0 aliphatic carbocycles. The fourth-order valence-electron chi connectivity index (χ4n) is 3.40. The third-order valence-corrected chi connectivity index (χ3v) is 5.12. The molecule has 5 nitrogen and oxygen atoms in total. The molecule has 1 saturated heterocycles. The first-order valence-electron chi connectivity index (χ1n) is 9.29. The minimum atomic E-state index is 0.0570. The highest BCUT2D eigenvalue weighted by molar-refractivity contribution is 5.97. The summed E-state index contributed by atoms with van der Waals surface area (Å²) in [4.78, 5) is 17.1. The summed E-state index contributed by atoms with van der Waals surface area (Å²) in [7, 11) is 1.60. The molecule has 0 bridgehead atoms. The van der Waals surface area contributed by atoms with Gasteiger partial charge in [-0.1, -0.05) is 19.1 Å². The fraction of sp³-hybridized carbons (Fsp3) is 0.476. The van der Waals surface area contributed by atoms with Crippen molar-refractivity contribution >= 4 is 5.91 Å². The van der Waals surface area contributed by atoms with E-state index in [4.69, 9.17) is 9.15 Å². The Morgan fingerprint density at radius 1 is 1.15 bits per heavy atom. The topological polar surface area (TPSA) is 45.9 Å². The molecule has 1 amide bonds. The van der Waals surface area contributed by atoms with Crippen LogP contribution < -0.4 is 4.74 Å². The Morgan fingerprint density at radius 3 is 2.54 bits per heavy atom. The van der Waals surface area contributed by atoms with Gasteiger partial charge >= 0.3 is 0 Å². The molecule has 26 heavy (non-hydrogen) atoms. The number of rotatable bonds is 6. The molecule has 0 spiro atoms. The molecule has 1 fully saturated rings. The van der Waals surface area contributed by atoms with E-state index in [0.717, 1.165) is 50.7 Å². The number of methoxy groups -OCH3 is 1. The lowest BCUT2D eigenvalue weighted by atomic mass is 10.0. The predicted molar refractivity (Wildman–Crippen MR) is 102 cm³/mol. The zero-order valence-electron chi connectivity index (χ0n) is 15.9. The molecule has 0 radical (unpaired) electrons. The Bertz CT molecular complexity index is 732. The van der Waals surface area contributed by atoms with Crippen molar-refractivity contribution in [2.75, 3.05) is 39.8 Å². The molecule has 2 heterocycles. The average molecular weight is 356 g/mol. The minimum absolute atomic E-state index is 0.0570. The lowest BCUT2D eigenvalue weighted by Gasteiger charge is -2.35. The van der Waals surface area contributed by atoms with Gasteiger partial charge in [-0.15, -0.1) is 0 Å². The Hall–Kier alpha value is -2.27. The van der Waals surface area contributed by atoms with Gasteiger partial charge in [-0.3, -0.25) is 9.69 Å². The molecule has 3 rings (SSSR count). The van der Waals surface area contributed by atoms with Crippen LogP contribution in [0.1, 0.15) is 41.1 Å². The summed E-state index contributed by atoms with van der Waals surface area (Å²) in [5, 5.41) is 0. The largest absolute Gasteiger partial charge is 0.496 e. The Labute approximate surface area is 155 Å². The fourth-order valence-corrected chi connectivity index (χ4v) is 3.40. The molecular formula is C21H28N2O3. The van der Waals surface area contributed by atoms with E-state index in [2.05, 4.69) is 17.9 Å². The van der Waals surface area contributed by atoms with Crippen LogP contribution in [-0.4, -0.2) is 55.5 Å². The first kappa shape index (κ1) is 18.5. The van der Waals surface area contributed by atoms with Gasteiger partial charge in [0.25, 0.3) is 5.91 Å². The van der Waals surface area contributed by atoms with E-state index in [1.807, 2.05) is 42.2 Å². The quantitative estimate of drug-likeness (QED) is 0.794. The number of nitrogens with zero attached hydrogens (tertiary/aromatic N) is 2. The van der Waals surface area contributed by atoms with Crippen molar-refractivity contribution in [2.24, 2.45) is 0 Å². The van der Waals surface area contributed by atoms with E-state index >= 15 is 0 Å². The van der Waals surface area contributed by atoms with Gasteiger partial charge in [0.15, 0.2) is 0 Å². The number of para-hydroxylation sites is 1. The highest BCUT2D eigenvalue weighted by atomic mass is 16.5. The second-order valence-electron chi connectivity index (χ2n) is 6.97. The number of carbonyl (C=O) groups is 1. The summed E-state index contributed by atoms with van der Waals surface area (Å²) in [5.41, 5.74) is 0.644. The van der Waals surface area contributed by atoms with Crippen LogP contribution in [-0.2, 0) is 0 Å². The number of furan rings is 1. The number of carbonyl (C=O) groups excluding carboxylic acids is 1. The molecule has 1 aromatic heterocycles. The Kier molecular flexibility index (Phi) is 5.99. The highest BCUT2D eigenvalue weighted by Crippen LogP contribution is 2.23. The van der Waals surface area contributed by atoms with Gasteiger partial charge in [0, 0.05) is 32.1 Å². The molecule has 5 heteroatoms. The maximum atomic E-state index is 12.8. The first-order chi connectivity index (χ1) is 12.6. The van der Waals surface area contributed by atoms with Crippen molar-refractivity contribution in [3.8, 4) is 5.75 Å². The van der Waals surface area contributed by atoms with Crippen molar-refractivity contribution in [1.82, 2.24) is 9.80 Å². The van der Waals surface area contributed by atoms with Crippen LogP contribution in [0.15, 0.2) is 40.8 Å². The van der Waals surface area contributed by atoms with Gasteiger partial charge in [-0.2, -0.15) is 0 Å². The van der Waals surface area contributed by atoms with E-state index in [-0.39, 0.29) is 5.91 Å². The molecule has 1 aromatic carbocycles. The highest BCUT2D eigenvalue weighted by Gasteiger charge is 2.24. The van der Waals surface area contributed by atoms with Gasteiger partial charge in [-0.25, -0.2) is 0 Å². The molecule has 140 valence electrons. The number of aryl methyl sites for hydroxylation is 1. The maximum Gasteiger partial charge on any atom is 0.257 e. The van der Waals surface area contributed by atoms with Crippen molar-refractivity contribution < 1.29 is 13.9 Å². The van der Waals surface area contributed by atoms with Gasteiger partial charge < -0.3 is 14.1 Å². The summed E-state index contributed by atoms with van der Waals surface area (Å²) in [5.74, 6) is 3.14. The van der Waals surface area contributed by atoms with Gasteiger partial charge in [0.2, 0.25) is 0 Å². The van der Waals surface area contributed by atoms with E-state index in [9.17, 15) is 4.79 Å². The number of hydrogen-bond donors (Lipinski definition) is 0. The average Bonchev–Trinajstić information content (AvgIpc) is 3.12.